The molecule has 1 saturated heterocycles. The highest BCUT2D eigenvalue weighted by Crippen LogP contribution is 2.44. The van der Waals surface area contributed by atoms with E-state index in [1.165, 1.54) is 0 Å². The summed E-state index contributed by atoms with van der Waals surface area (Å²) >= 11 is 0. The summed E-state index contributed by atoms with van der Waals surface area (Å²) in [6.07, 6.45) is 4.06. The normalized spacial score (nSPS) is 36.6. The average Bonchev–Trinajstić information content (AvgIpc) is 2.77. The molecule has 98 valence electrons. The molecular formula is C13H24N2O2. The van der Waals surface area contributed by atoms with E-state index in [4.69, 9.17) is 10.5 Å². The number of ether oxygens (including phenoxy) is 1. The van der Waals surface area contributed by atoms with Gasteiger partial charge in [0.15, 0.2) is 0 Å². The van der Waals surface area contributed by atoms with Gasteiger partial charge in [0.25, 0.3) is 0 Å². The fourth-order valence-corrected chi connectivity index (χ4v) is 3.11. The van der Waals surface area contributed by atoms with Crippen molar-refractivity contribution in [1.29, 1.82) is 0 Å². The van der Waals surface area contributed by atoms with Crippen molar-refractivity contribution in [2.75, 3.05) is 26.3 Å². The predicted octanol–water partition coefficient (Wildman–Crippen LogP) is 0.904. The Morgan fingerprint density at radius 1 is 1.53 bits per heavy atom. The van der Waals surface area contributed by atoms with Gasteiger partial charge in [0.05, 0.1) is 5.41 Å². The standard InChI is InChI=1S/C13H24N2O2/c1-10-6-13(7-10,9-14)12(16)15-4-2-11-3-5-17-8-11/h10-11H,2-9,14H2,1H3,(H,15,16). The molecule has 0 aromatic carbocycles. The number of rotatable bonds is 5. The van der Waals surface area contributed by atoms with Crippen LogP contribution in [0.3, 0.4) is 0 Å². The Morgan fingerprint density at radius 3 is 2.82 bits per heavy atom. The van der Waals surface area contributed by atoms with Gasteiger partial charge >= 0.3 is 0 Å². The van der Waals surface area contributed by atoms with E-state index in [1.54, 1.807) is 0 Å². The van der Waals surface area contributed by atoms with Crippen LogP contribution in [0, 0.1) is 17.3 Å². The lowest BCUT2D eigenvalue weighted by atomic mass is 9.62. The second-order valence-electron chi connectivity index (χ2n) is 5.77. The largest absolute Gasteiger partial charge is 0.381 e. The van der Waals surface area contributed by atoms with Crippen molar-refractivity contribution in [3.05, 3.63) is 0 Å². The van der Waals surface area contributed by atoms with Crippen LogP contribution in [0.5, 0.6) is 0 Å². The van der Waals surface area contributed by atoms with Crippen molar-refractivity contribution in [2.45, 2.75) is 32.6 Å². The molecule has 0 bridgehead atoms. The van der Waals surface area contributed by atoms with Crippen molar-refractivity contribution in [1.82, 2.24) is 5.32 Å². The maximum absolute atomic E-state index is 12.1. The summed E-state index contributed by atoms with van der Waals surface area (Å²) in [5.41, 5.74) is 5.49. The van der Waals surface area contributed by atoms with Crippen molar-refractivity contribution < 1.29 is 9.53 Å². The third kappa shape index (κ3) is 2.80. The van der Waals surface area contributed by atoms with Crippen molar-refractivity contribution >= 4 is 5.91 Å². The molecule has 17 heavy (non-hydrogen) atoms. The zero-order valence-corrected chi connectivity index (χ0v) is 10.7. The van der Waals surface area contributed by atoms with Gasteiger partial charge in [-0.25, -0.2) is 0 Å². The number of carbonyl (C=O) groups is 1. The molecule has 1 aliphatic heterocycles. The second kappa shape index (κ2) is 5.36. The van der Waals surface area contributed by atoms with E-state index in [9.17, 15) is 4.79 Å². The second-order valence-corrected chi connectivity index (χ2v) is 5.77. The van der Waals surface area contributed by atoms with Crippen LogP contribution in [-0.2, 0) is 9.53 Å². The maximum atomic E-state index is 12.1. The number of hydrogen-bond acceptors (Lipinski definition) is 3. The predicted molar refractivity (Wildman–Crippen MR) is 66.4 cm³/mol. The summed E-state index contributed by atoms with van der Waals surface area (Å²) in [5, 5.41) is 3.05. The molecule has 0 aromatic rings. The minimum absolute atomic E-state index is 0.164. The highest BCUT2D eigenvalue weighted by Gasteiger charge is 2.46. The van der Waals surface area contributed by atoms with Crippen molar-refractivity contribution in [3.8, 4) is 0 Å². The number of hydrogen-bond donors (Lipinski definition) is 2. The van der Waals surface area contributed by atoms with E-state index in [0.29, 0.717) is 18.4 Å². The Kier molecular flexibility index (Phi) is 4.05. The summed E-state index contributed by atoms with van der Waals surface area (Å²) in [4.78, 5) is 12.1. The molecule has 0 spiro atoms. The monoisotopic (exact) mass is 240 g/mol. The van der Waals surface area contributed by atoms with Gasteiger partial charge in [0, 0.05) is 26.3 Å². The number of amides is 1. The first-order valence-corrected chi connectivity index (χ1v) is 6.72. The first-order chi connectivity index (χ1) is 8.16. The van der Waals surface area contributed by atoms with Gasteiger partial charge in [-0.15, -0.1) is 0 Å². The fourth-order valence-electron chi connectivity index (χ4n) is 3.11. The van der Waals surface area contributed by atoms with Gasteiger partial charge in [-0.2, -0.15) is 0 Å². The van der Waals surface area contributed by atoms with E-state index in [0.717, 1.165) is 45.4 Å². The van der Waals surface area contributed by atoms with E-state index in [-0.39, 0.29) is 11.3 Å². The van der Waals surface area contributed by atoms with Gasteiger partial charge in [-0.3, -0.25) is 4.79 Å². The van der Waals surface area contributed by atoms with Crippen molar-refractivity contribution in [3.63, 3.8) is 0 Å². The first kappa shape index (κ1) is 12.8. The van der Waals surface area contributed by atoms with Crippen LogP contribution in [0.4, 0.5) is 0 Å². The van der Waals surface area contributed by atoms with Gasteiger partial charge in [-0.1, -0.05) is 6.92 Å². The highest BCUT2D eigenvalue weighted by molar-refractivity contribution is 5.83. The van der Waals surface area contributed by atoms with Gasteiger partial charge in [0.1, 0.15) is 0 Å². The van der Waals surface area contributed by atoms with Gasteiger partial charge < -0.3 is 15.8 Å². The summed E-state index contributed by atoms with van der Waals surface area (Å²) < 4.78 is 5.32. The number of nitrogens with two attached hydrogens (primary N) is 1. The fraction of sp³-hybridized carbons (Fsp3) is 0.923. The Balaban J connectivity index is 1.69. The van der Waals surface area contributed by atoms with E-state index < -0.39 is 0 Å². The summed E-state index contributed by atoms with van der Waals surface area (Å²) in [6, 6.07) is 0. The molecule has 0 aromatic heterocycles. The topological polar surface area (TPSA) is 64.4 Å². The SMILES string of the molecule is CC1CC(CN)(C(=O)NCCC2CCOC2)C1. The summed E-state index contributed by atoms with van der Waals surface area (Å²) in [6.45, 7) is 5.16. The Morgan fingerprint density at radius 2 is 2.29 bits per heavy atom. The summed E-state index contributed by atoms with van der Waals surface area (Å²) in [7, 11) is 0. The molecule has 2 fully saturated rings. The minimum Gasteiger partial charge on any atom is -0.381 e. The quantitative estimate of drug-likeness (QED) is 0.750. The lowest BCUT2D eigenvalue weighted by Crippen LogP contribution is -2.53. The zero-order valence-electron chi connectivity index (χ0n) is 10.7. The van der Waals surface area contributed by atoms with Gasteiger partial charge in [0.2, 0.25) is 5.91 Å². The Labute approximate surface area is 103 Å². The molecule has 2 rings (SSSR count). The van der Waals surface area contributed by atoms with Crippen LogP contribution >= 0.6 is 0 Å². The molecule has 1 unspecified atom stereocenters. The lowest BCUT2D eigenvalue weighted by Gasteiger charge is -2.44. The molecule has 1 saturated carbocycles. The molecule has 1 atom stereocenters. The molecule has 2 aliphatic rings. The van der Waals surface area contributed by atoms with Crippen molar-refractivity contribution in [2.24, 2.45) is 23.0 Å². The van der Waals surface area contributed by atoms with E-state index in [2.05, 4.69) is 12.2 Å². The lowest BCUT2D eigenvalue weighted by molar-refractivity contribution is -0.138. The van der Waals surface area contributed by atoms with Crippen LogP contribution in [0.25, 0.3) is 0 Å². The van der Waals surface area contributed by atoms with Crippen LogP contribution in [0.15, 0.2) is 0 Å². The first-order valence-electron chi connectivity index (χ1n) is 6.72. The van der Waals surface area contributed by atoms with Crippen LogP contribution in [0.1, 0.15) is 32.6 Å². The molecule has 4 nitrogen and oxygen atoms in total. The number of carbonyl (C=O) groups excluding carboxylic acids is 1. The maximum Gasteiger partial charge on any atom is 0.227 e. The zero-order chi connectivity index (χ0) is 12.3. The molecule has 3 N–H and O–H groups in total. The molecule has 0 radical (unpaired) electrons. The van der Waals surface area contributed by atoms with Crippen LogP contribution in [-0.4, -0.2) is 32.2 Å². The van der Waals surface area contributed by atoms with Gasteiger partial charge in [-0.05, 0) is 37.5 Å². The molecule has 1 amide bonds. The summed E-state index contributed by atoms with van der Waals surface area (Å²) in [5.74, 6) is 1.44. The van der Waals surface area contributed by atoms with Crippen LogP contribution < -0.4 is 11.1 Å². The molecule has 1 aliphatic carbocycles. The molecule has 1 heterocycles. The van der Waals surface area contributed by atoms with Crippen LogP contribution in [0.2, 0.25) is 0 Å². The molecule has 4 heteroatoms. The number of nitrogens with one attached hydrogen (secondary N) is 1. The molecular weight excluding hydrogens is 216 g/mol. The average molecular weight is 240 g/mol. The Hall–Kier alpha value is -0.610. The third-order valence-corrected chi connectivity index (χ3v) is 4.21. The highest BCUT2D eigenvalue weighted by atomic mass is 16.5. The van der Waals surface area contributed by atoms with E-state index in [1.807, 2.05) is 0 Å². The smallest absolute Gasteiger partial charge is 0.227 e. The third-order valence-electron chi connectivity index (χ3n) is 4.21. The van der Waals surface area contributed by atoms with E-state index >= 15 is 0 Å². The minimum atomic E-state index is -0.258. The Bertz CT molecular complexity index is 269.